The average molecular weight is 470 g/mol. The number of pyridine rings is 1. The molecule has 0 aliphatic carbocycles. The van der Waals surface area contributed by atoms with Crippen molar-refractivity contribution in [2.24, 2.45) is 11.4 Å². The van der Waals surface area contributed by atoms with Gasteiger partial charge in [0.2, 0.25) is 5.95 Å². The van der Waals surface area contributed by atoms with Gasteiger partial charge in [-0.25, -0.2) is 14.2 Å². The van der Waals surface area contributed by atoms with E-state index in [0.717, 1.165) is 12.8 Å². The molecule has 0 unspecified atom stereocenters. The van der Waals surface area contributed by atoms with E-state index < -0.39 is 9.73 Å². The molecule has 0 radical (unpaired) electrons. The monoisotopic (exact) mass is 469 g/mol. The number of anilines is 4. The van der Waals surface area contributed by atoms with Gasteiger partial charge in [0.25, 0.3) is 5.91 Å². The average Bonchev–Trinajstić information content (AvgIpc) is 3.40. The Bertz CT molecular complexity index is 1290. The standard InChI is InChI=1S/C21H25N9O2S.H2/c1-3-9-22-20(31)16-13-23-21(25-15-12-24-30(2)14-15)28-19(16)27-17-7-6-8-18(26-17)29-33(32)10-4-5-11-33;/h3,6-8,12-14H,1,4-5,9-11H2,2H3,(H,22,31)(H2,23,25,26,27,28);1H. The molecule has 4 heterocycles. The molecule has 1 saturated heterocycles. The number of aryl methyl sites for hydroxylation is 1. The van der Waals surface area contributed by atoms with Crippen LogP contribution in [0.3, 0.4) is 0 Å². The minimum atomic E-state index is -2.25. The number of amides is 1. The van der Waals surface area contributed by atoms with Crippen LogP contribution in [0.4, 0.5) is 29.1 Å². The molecule has 1 fully saturated rings. The van der Waals surface area contributed by atoms with Crippen molar-refractivity contribution in [1.82, 2.24) is 30.0 Å². The molecule has 1 amide bonds. The third-order valence-corrected chi connectivity index (χ3v) is 7.19. The normalized spacial score (nSPS) is 14.5. The number of nitrogens with one attached hydrogen (secondary N) is 3. The number of rotatable bonds is 8. The lowest BCUT2D eigenvalue weighted by Crippen LogP contribution is -2.25. The van der Waals surface area contributed by atoms with Crippen LogP contribution in [0.15, 0.2) is 53.8 Å². The Morgan fingerprint density at radius 2 is 2.09 bits per heavy atom. The zero-order valence-corrected chi connectivity index (χ0v) is 19.0. The fourth-order valence-electron chi connectivity index (χ4n) is 3.26. The molecule has 3 N–H and O–H groups in total. The summed E-state index contributed by atoms with van der Waals surface area (Å²) in [6.07, 6.45) is 8.25. The molecule has 0 spiro atoms. The summed E-state index contributed by atoms with van der Waals surface area (Å²) in [4.78, 5) is 25.8. The van der Waals surface area contributed by atoms with Gasteiger partial charge in [0.15, 0.2) is 5.82 Å². The van der Waals surface area contributed by atoms with Crippen molar-refractivity contribution in [3.63, 3.8) is 0 Å². The summed E-state index contributed by atoms with van der Waals surface area (Å²) in [7, 11) is -0.449. The minimum absolute atomic E-state index is 0. The second kappa shape index (κ2) is 9.77. The zero-order chi connectivity index (χ0) is 23.3. The van der Waals surface area contributed by atoms with Gasteiger partial charge in [-0.1, -0.05) is 12.1 Å². The van der Waals surface area contributed by atoms with Crippen LogP contribution in [0.2, 0.25) is 0 Å². The summed E-state index contributed by atoms with van der Waals surface area (Å²) in [5, 5.41) is 13.0. The summed E-state index contributed by atoms with van der Waals surface area (Å²) in [5.74, 6) is 2.16. The maximum absolute atomic E-state index is 12.8. The van der Waals surface area contributed by atoms with Crippen molar-refractivity contribution in [2.75, 3.05) is 28.7 Å². The molecular weight excluding hydrogens is 442 g/mol. The Morgan fingerprint density at radius 1 is 1.27 bits per heavy atom. The lowest BCUT2D eigenvalue weighted by Gasteiger charge is -2.12. The molecule has 11 nitrogen and oxygen atoms in total. The summed E-state index contributed by atoms with van der Waals surface area (Å²) >= 11 is 0. The van der Waals surface area contributed by atoms with E-state index in [1.165, 1.54) is 6.20 Å². The van der Waals surface area contributed by atoms with Crippen molar-refractivity contribution >= 4 is 44.7 Å². The van der Waals surface area contributed by atoms with Crippen molar-refractivity contribution in [3.05, 3.63) is 55.0 Å². The lowest BCUT2D eigenvalue weighted by atomic mass is 10.2. The maximum atomic E-state index is 12.8. The van der Waals surface area contributed by atoms with Gasteiger partial charge >= 0.3 is 0 Å². The topological polar surface area (TPSA) is 139 Å². The first-order valence-electron chi connectivity index (χ1n) is 10.4. The fourth-order valence-corrected chi connectivity index (χ4v) is 5.40. The zero-order valence-electron chi connectivity index (χ0n) is 18.2. The van der Waals surface area contributed by atoms with Crippen LogP contribution in [0, 0.1) is 0 Å². The number of hydrogen-bond acceptors (Lipinski definition) is 9. The Kier molecular flexibility index (Phi) is 6.63. The van der Waals surface area contributed by atoms with Gasteiger partial charge < -0.3 is 16.0 Å². The summed E-state index contributed by atoms with van der Waals surface area (Å²) < 4.78 is 18.8. The van der Waals surface area contributed by atoms with Crippen LogP contribution >= 0.6 is 0 Å². The molecule has 3 aromatic rings. The van der Waals surface area contributed by atoms with Crippen LogP contribution in [0.1, 0.15) is 24.6 Å². The van der Waals surface area contributed by atoms with Crippen LogP contribution in [0.5, 0.6) is 0 Å². The second-order valence-corrected chi connectivity index (χ2v) is 10.0. The van der Waals surface area contributed by atoms with E-state index in [0.29, 0.717) is 35.4 Å². The van der Waals surface area contributed by atoms with Gasteiger partial charge in [-0.2, -0.15) is 14.4 Å². The quantitative estimate of drug-likeness (QED) is 0.428. The highest BCUT2D eigenvalue weighted by Gasteiger charge is 2.18. The van der Waals surface area contributed by atoms with E-state index in [9.17, 15) is 9.00 Å². The first-order chi connectivity index (χ1) is 15.9. The van der Waals surface area contributed by atoms with E-state index in [-0.39, 0.29) is 24.7 Å². The summed E-state index contributed by atoms with van der Waals surface area (Å²) in [6, 6.07) is 5.20. The largest absolute Gasteiger partial charge is 0.348 e. The van der Waals surface area contributed by atoms with E-state index in [1.54, 1.807) is 48.4 Å². The molecule has 0 atom stereocenters. The molecule has 33 heavy (non-hydrogen) atoms. The third-order valence-electron chi connectivity index (χ3n) is 4.82. The van der Waals surface area contributed by atoms with Gasteiger partial charge in [-0.3, -0.25) is 9.48 Å². The van der Waals surface area contributed by atoms with Gasteiger partial charge in [-0.15, -0.1) is 6.58 Å². The number of hydrogen-bond donors (Lipinski definition) is 3. The lowest BCUT2D eigenvalue weighted by molar-refractivity contribution is 0.0958. The molecule has 1 aliphatic heterocycles. The second-order valence-electron chi connectivity index (χ2n) is 7.47. The molecule has 12 heteroatoms. The number of carbonyl (C=O) groups is 1. The number of nitrogens with zero attached hydrogens (tertiary/aromatic N) is 6. The van der Waals surface area contributed by atoms with E-state index >= 15 is 0 Å². The van der Waals surface area contributed by atoms with E-state index in [2.05, 4.69) is 46.9 Å². The Hall–Kier alpha value is -3.80. The highest BCUT2D eigenvalue weighted by atomic mass is 32.2. The smallest absolute Gasteiger partial charge is 0.256 e. The first kappa shape index (κ1) is 22.4. The van der Waals surface area contributed by atoms with Crippen molar-refractivity contribution in [3.8, 4) is 0 Å². The van der Waals surface area contributed by atoms with Gasteiger partial charge in [-0.05, 0) is 25.0 Å². The summed E-state index contributed by atoms with van der Waals surface area (Å²) in [5.41, 5.74) is 0.936. The Morgan fingerprint density at radius 3 is 2.82 bits per heavy atom. The SMILES string of the molecule is C=CCNC(=O)c1cnc(Nc2cnn(C)c2)nc1Nc1cccc(N=S2(=O)CCCC2)n1.[HH]. The van der Waals surface area contributed by atoms with Crippen LogP contribution in [-0.4, -0.2) is 52.9 Å². The molecule has 1 aliphatic rings. The van der Waals surface area contributed by atoms with Crippen molar-refractivity contribution in [1.29, 1.82) is 0 Å². The third kappa shape index (κ3) is 5.71. The van der Waals surface area contributed by atoms with Gasteiger partial charge in [0.1, 0.15) is 17.2 Å². The molecule has 174 valence electrons. The molecular formula is C21H27N9O2S. The minimum Gasteiger partial charge on any atom is -0.348 e. The fraction of sp³-hybridized carbons (Fsp3) is 0.286. The van der Waals surface area contributed by atoms with E-state index in [4.69, 9.17) is 0 Å². The predicted molar refractivity (Wildman–Crippen MR) is 130 cm³/mol. The molecule has 0 aromatic carbocycles. The van der Waals surface area contributed by atoms with Crippen molar-refractivity contribution < 1.29 is 10.4 Å². The highest BCUT2D eigenvalue weighted by Crippen LogP contribution is 2.24. The van der Waals surface area contributed by atoms with Gasteiger partial charge in [0, 0.05) is 38.9 Å². The Labute approximate surface area is 193 Å². The number of aromatic nitrogens is 5. The molecule has 3 aromatic heterocycles. The van der Waals surface area contributed by atoms with E-state index in [1.807, 2.05) is 0 Å². The molecule has 4 rings (SSSR count). The Balaban J connectivity index is 0.00000324. The van der Waals surface area contributed by atoms with Crippen molar-refractivity contribution in [2.45, 2.75) is 12.8 Å². The maximum Gasteiger partial charge on any atom is 0.256 e. The molecule has 0 saturated carbocycles. The predicted octanol–water partition coefficient (Wildman–Crippen LogP) is 3.15. The highest BCUT2D eigenvalue weighted by molar-refractivity contribution is 7.93. The van der Waals surface area contributed by atoms with Crippen LogP contribution < -0.4 is 16.0 Å². The van der Waals surface area contributed by atoms with Crippen LogP contribution in [0.25, 0.3) is 0 Å². The van der Waals surface area contributed by atoms with Crippen LogP contribution in [-0.2, 0) is 16.8 Å². The molecule has 0 bridgehead atoms. The van der Waals surface area contributed by atoms with Gasteiger partial charge in [0.05, 0.1) is 21.6 Å². The summed E-state index contributed by atoms with van der Waals surface area (Å²) in [6.45, 7) is 3.91. The number of carbonyl (C=O) groups excluding carboxylic acids is 1. The first-order valence-corrected chi connectivity index (χ1v) is 12.3.